The second kappa shape index (κ2) is 5.63. The maximum Gasteiger partial charge on any atom is 0.140 e. The van der Waals surface area contributed by atoms with E-state index in [0.29, 0.717) is 23.6 Å². The summed E-state index contributed by atoms with van der Waals surface area (Å²) in [4.78, 5) is 8.85. The molecular weight excluding hydrogens is 368 g/mol. The summed E-state index contributed by atoms with van der Waals surface area (Å²) in [6.45, 7) is 6.22. The molecule has 0 atom stereocenters. The van der Waals surface area contributed by atoms with Crippen LogP contribution in [0.1, 0.15) is 37.9 Å². The Kier molecular flexibility index (Phi) is 4.27. The van der Waals surface area contributed by atoms with Crippen LogP contribution < -0.4 is 5.73 Å². The summed E-state index contributed by atoms with van der Waals surface area (Å²) < 4.78 is 14.6. The highest BCUT2D eigenvalue weighted by Crippen LogP contribution is 2.28. The van der Waals surface area contributed by atoms with Crippen LogP contribution in [-0.4, -0.2) is 9.97 Å². The number of hydrogen-bond acceptors (Lipinski definition) is 3. The topological polar surface area (TPSA) is 51.8 Å². The van der Waals surface area contributed by atoms with Crippen molar-refractivity contribution in [2.45, 2.75) is 32.6 Å². The average Bonchev–Trinajstić information content (AvgIpc) is 2.35. The lowest BCUT2D eigenvalue weighted by atomic mass is 9.92. The Hall–Kier alpha value is -1.24. The Morgan fingerprint density at radius 1 is 1.20 bits per heavy atom. The summed E-state index contributed by atoms with van der Waals surface area (Å²) in [6.07, 6.45) is 0.344. The van der Waals surface area contributed by atoms with Gasteiger partial charge in [-0.25, -0.2) is 14.4 Å². The molecule has 2 N–H and O–H groups in total. The van der Waals surface area contributed by atoms with E-state index in [9.17, 15) is 4.39 Å². The third-order valence-electron chi connectivity index (χ3n) is 2.94. The van der Waals surface area contributed by atoms with E-state index in [-0.39, 0.29) is 11.2 Å². The molecule has 106 valence electrons. The van der Waals surface area contributed by atoms with E-state index in [2.05, 4.69) is 53.3 Å². The van der Waals surface area contributed by atoms with E-state index >= 15 is 0 Å². The molecule has 3 nitrogen and oxygen atoms in total. The van der Waals surface area contributed by atoms with Crippen molar-refractivity contribution in [1.29, 1.82) is 0 Å². The molecule has 0 fully saturated rings. The van der Waals surface area contributed by atoms with Gasteiger partial charge < -0.3 is 5.73 Å². The molecule has 5 heteroatoms. The zero-order valence-corrected chi connectivity index (χ0v) is 13.9. The van der Waals surface area contributed by atoms with Crippen LogP contribution in [0.15, 0.2) is 24.3 Å². The molecule has 0 saturated carbocycles. The Morgan fingerprint density at radius 2 is 1.85 bits per heavy atom. The minimum absolute atomic E-state index is 0.127. The van der Waals surface area contributed by atoms with Crippen LogP contribution in [0.25, 0.3) is 0 Å². The van der Waals surface area contributed by atoms with Crippen LogP contribution >= 0.6 is 22.6 Å². The first-order chi connectivity index (χ1) is 9.29. The Labute approximate surface area is 132 Å². The van der Waals surface area contributed by atoms with Crippen molar-refractivity contribution in [1.82, 2.24) is 9.97 Å². The number of rotatable bonds is 2. The second-order valence-corrected chi connectivity index (χ2v) is 6.78. The standard InChI is InChI=1S/C15H17FIN3/c1-15(2,3)13-12(17)14(18)20-11(19-13)8-9-6-4-5-7-10(9)16/h4-7H,8H2,1-3H3,(H2,18,19,20). The van der Waals surface area contributed by atoms with Gasteiger partial charge in [-0.3, -0.25) is 0 Å². The van der Waals surface area contributed by atoms with Gasteiger partial charge in [0.1, 0.15) is 17.5 Å². The molecule has 1 aromatic heterocycles. The van der Waals surface area contributed by atoms with Gasteiger partial charge in [-0.05, 0) is 34.2 Å². The molecule has 1 aromatic carbocycles. The highest BCUT2D eigenvalue weighted by molar-refractivity contribution is 14.1. The lowest BCUT2D eigenvalue weighted by Gasteiger charge is -2.21. The fraction of sp³-hybridized carbons (Fsp3) is 0.333. The molecule has 0 amide bonds. The van der Waals surface area contributed by atoms with E-state index < -0.39 is 0 Å². The van der Waals surface area contributed by atoms with Crippen molar-refractivity contribution in [2.24, 2.45) is 0 Å². The number of anilines is 1. The SMILES string of the molecule is CC(C)(C)c1nc(Cc2ccccc2F)nc(N)c1I. The first kappa shape index (κ1) is 15.2. The molecule has 0 saturated heterocycles. The van der Waals surface area contributed by atoms with E-state index in [1.807, 2.05) is 0 Å². The van der Waals surface area contributed by atoms with Crippen molar-refractivity contribution in [3.63, 3.8) is 0 Å². The number of nitrogen functional groups attached to an aromatic ring is 1. The van der Waals surface area contributed by atoms with Crippen molar-refractivity contribution in [2.75, 3.05) is 5.73 Å². The first-order valence-electron chi connectivity index (χ1n) is 6.35. The minimum atomic E-state index is -0.245. The third-order valence-corrected chi connectivity index (χ3v) is 4.00. The largest absolute Gasteiger partial charge is 0.383 e. The van der Waals surface area contributed by atoms with Gasteiger partial charge in [-0.1, -0.05) is 39.0 Å². The average molecular weight is 385 g/mol. The zero-order valence-electron chi connectivity index (χ0n) is 11.7. The van der Waals surface area contributed by atoms with Gasteiger partial charge in [-0.15, -0.1) is 0 Å². The van der Waals surface area contributed by atoms with E-state index in [4.69, 9.17) is 5.73 Å². The summed E-state index contributed by atoms with van der Waals surface area (Å²) in [7, 11) is 0. The predicted octanol–water partition coefficient (Wildman–Crippen LogP) is 3.69. The molecule has 0 aliphatic heterocycles. The number of benzene rings is 1. The van der Waals surface area contributed by atoms with Crippen molar-refractivity contribution in [3.05, 3.63) is 50.7 Å². The second-order valence-electron chi connectivity index (χ2n) is 5.71. The van der Waals surface area contributed by atoms with Crippen LogP contribution in [0.2, 0.25) is 0 Å². The number of hydrogen-bond donors (Lipinski definition) is 1. The van der Waals surface area contributed by atoms with Crippen molar-refractivity contribution < 1.29 is 4.39 Å². The Balaban J connectivity index is 2.44. The minimum Gasteiger partial charge on any atom is -0.383 e. The van der Waals surface area contributed by atoms with Gasteiger partial charge in [0.15, 0.2) is 0 Å². The number of nitrogens with two attached hydrogens (primary N) is 1. The highest BCUT2D eigenvalue weighted by Gasteiger charge is 2.22. The molecule has 0 spiro atoms. The van der Waals surface area contributed by atoms with Gasteiger partial charge >= 0.3 is 0 Å². The van der Waals surface area contributed by atoms with Crippen LogP contribution in [0, 0.1) is 9.39 Å². The smallest absolute Gasteiger partial charge is 0.140 e. The molecule has 2 rings (SSSR count). The lowest BCUT2D eigenvalue weighted by Crippen LogP contribution is -2.19. The van der Waals surface area contributed by atoms with E-state index in [0.717, 1.165) is 9.26 Å². The van der Waals surface area contributed by atoms with Crippen LogP contribution in [0.3, 0.4) is 0 Å². The predicted molar refractivity (Wildman–Crippen MR) is 87.1 cm³/mol. The number of aromatic nitrogens is 2. The molecule has 20 heavy (non-hydrogen) atoms. The summed E-state index contributed by atoms with van der Waals surface area (Å²) in [6, 6.07) is 6.65. The van der Waals surface area contributed by atoms with Crippen molar-refractivity contribution in [3.8, 4) is 0 Å². The third kappa shape index (κ3) is 3.26. The maximum atomic E-state index is 13.7. The quantitative estimate of drug-likeness (QED) is 0.803. The van der Waals surface area contributed by atoms with Gasteiger partial charge in [0, 0.05) is 11.8 Å². The lowest BCUT2D eigenvalue weighted by molar-refractivity contribution is 0.558. The molecule has 0 radical (unpaired) electrons. The monoisotopic (exact) mass is 385 g/mol. The molecule has 0 aliphatic rings. The Bertz CT molecular complexity index is 636. The van der Waals surface area contributed by atoms with Crippen LogP contribution in [0.5, 0.6) is 0 Å². The molecule has 2 aromatic rings. The fourth-order valence-electron chi connectivity index (χ4n) is 1.90. The molecular formula is C15H17FIN3. The van der Waals surface area contributed by atoms with E-state index in [1.54, 1.807) is 18.2 Å². The molecule has 0 aliphatic carbocycles. The highest BCUT2D eigenvalue weighted by atomic mass is 127. The first-order valence-corrected chi connectivity index (χ1v) is 7.42. The Morgan fingerprint density at radius 3 is 2.45 bits per heavy atom. The number of halogens is 2. The normalized spacial score (nSPS) is 11.7. The summed E-state index contributed by atoms with van der Waals surface area (Å²) in [5.74, 6) is 0.764. The van der Waals surface area contributed by atoms with Gasteiger partial charge in [0.25, 0.3) is 0 Å². The van der Waals surface area contributed by atoms with Crippen molar-refractivity contribution >= 4 is 28.4 Å². The van der Waals surface area contributed by atoms with Gasteiger partial charge in [-0.2, -0.15) is 0 Å². The van der Waals surface area contributed by atoms with Crippen LogP contribution in [-0.2, 0) is 11.8 Å². The molecule has 0 unspecified atom stereocenters. The molecule has 1 heterocycles. The zero-order chi connectivity index (χ0) is 14.9. The number of nitrogens with zero attached hydrogens (tertiary/aromatic N) is 2. The summed E-state index contributed by atoms with van der Waals surface area (Å²) >= 11 is 2.16. The molecule has 0 bridgehead atoms. The van der Waals surface area contributed by atoms with Gasteiger partial charge in [0.2, 0.25) is 0 Å². The van der Waals surface area contributed by atoms with E-state index in [1.165, 1.54) is 6.07 Å². The van der Waals surface area contributed by atoms with Gasteiger partial charge in [0.05, 0.1) is 9.26 Å². The maximum absolute atomic E-state index is 13.7. The fourth-order valence-corrected chi connectivity index (χ4v) is 2.95. The summed E-state index contributed by atoms with van der Waals surface area (Å²) in [5, 5.41) is 0. The van der Waals surface area contributed by atoms with Crippen LogP contribution in [0.4, 0.5) is 10.2 Å². The summed E-state index contributed by atoms with van der Waals surface area (Å²) in [5.41, 5.74) is 7.31.